The van der Waals surface area contributed by atoms with E-state index in [1.807, 2.05) is 0 Å². The second kappa shape index (κ2) is 6.74. The summed E-state index contributed by atoms with van der Waals surface area (Å²) in [5.74, 6) is -0.0828. The molecule has 7 heteroatoms. The van der Waals surface area contributed by atoms with E-state index < -0.39 is 6.03 Å². The SMILES string of the molecule is CNC(=O)CNC(=O)Nc1ccc(NC(=O)C2CC2)cc1. The first-order valence-corrected chi connectivity index (χ1v) is 6.75. The minimum absolute atomic E-state index is 0.0408. The molecule has 0 unspecified atom stereocenters. The minimum Gasteiger partial charge on any atom is -0.358 e. The number of hydrogen-bond acceptors (Lipinski definition) is 3. The molecular formula is C14H18N4O3. The van der Waals surface area contributed by atoms with Gasteiger partial charge in [0.15, 0.2) is 0 Å². The van der Waals surface area contributed by atoms with Crippen LogP contribution in [0.25, 0.3) is 0 Å². The Balaban J connectivity index is 1.79. The van der Waals surface area contributed by atoms with Gasteiger partial charge in [-0.1, -0.05) is 0 Å². The molecule has 0 heterocycles. The largest absolute Gasteiger partial charge is 0.358 e. The van der Waals surface area contributed by atoms with Crippen LogP contribution in [-0.2, 0) is 9.59 Å². The van der Waals surface area contributed by atoms with E-state index in [4.69, 9.17) is 0 Å². The van der Waals surface area contributed by atoms with Crippen LogP contribution in [0.4, 0.5) is 16.2 Å². The Hall–Kier alpha value is -2.57. The zero-order chi connectivity index (χ0) is 15.2. The number of likely N-dealkylation sites (N-methyl/N-ethyl adjacent to an activating group) is 1. The van der Waals surface area contributed by atoms with Crippen molar-refractivity contribution in [1.29, 1.82) is 0 Å². The lowest BCUT2D eigenvalue weighted by Crippen LogP contribution is -2.37. The molecule has 112 valence electrons. The second-order valence-electron chi connectivity index (χ2n) is 4.82. The van der Waals surface area contributed by atoms with E-state index in [2.05, 4.69) is 21.3 Å². The van der Waals surface area contributed by atoms with Crippen molar-refractivity contribution in [3.63, 3.8) is 0 Å². The van der Waals surface area contributed by atoms with Crippen molar-refractivity contribution in [3.8, 4) is 0 Å². The maximum atomic E-state index is 11.6. The van der Waals surface area contributed by atoms with Crippen LogP contribution in [0, 0.1) is 5.92 Å². The number of amides is 4. The van der Waals surface area contributed by atoms with Crippen molar-refractivity contribution >= 4 is 29.2 Å². The third kappa shape index (κ3) is 4.79. The molecule has 0 bridgehead atoms. The molecule has 0 spiro atoms. The van der Waals surface area contributed by atoms with Gasteiger partial charge in [-0.05, 0) is 37.1 Å². The summed E-state index contributed by atoms with van der Waals surface area (Å²) in [6.07, 6.45) is 1.91. The Bertz CT molecular complexity index is 538. The summed E-state index contributed by atoms with van der Waals surface area (Å²) < 4.78 is 0. The van der Waals surface area contributed by atoms with Crippen molar-refractivity contribution in [1.82, 2.24) is 10.6 Å². The molecule has 21 heavy (non-hydrogen) atoms. The average molecular weight is 290 g/mol. The Morgan fingerprint density at radius 2 is 1.62 bits per heavy atom. The lowest BCUT2D eigenvalue weighted by molar-refractivity contribution is -0.119. The smallest absolute Gasteiger partial charge is 0.319 e. The Morgan fingerprint density at radius 3 is 2.14 bits per heavy atom. The van der Waals surface area contributed by atoms with Crippen LogP contribution in [0.15, 0.2) is 24.3 Å². The van der Waals surface area contributed by atoms with E-state index in [-0.39, 0.29) is 24.3 Å². The third-order valence-electron chi connectivity index (χ3n) is 3.05. The summed E-state index contributed by atoms with van der Waals surface area (Å²) in [5, 5.41) is 10.2. The molecule has 0 aliphatic heterocycles. The minimum atomic E-state index is -0.464. The molecule has 1 aromatic rings. The quantitative estimate of drug-likeness (QED) is 0.648. The zero-order valence-electron chi connectivity index (χ0n) is 11.7. The normalized spacial score (nSPS) is 13.2. The van der Waals surface area contributed by atoms with Crippen molar-refractivity contribution in [2.45, 2.75) is 12.8 Å². The van der Waals surface area contributed by atoms with E-state index in [0.29, 0.717) is 11.4 Å². The summed E-state index contributed by atoms with van der Waals surface area (Å²) in [6, 6.07) is 6.33. The molecule has 7 nitrogen and oxygen atoms in total. The molecule has 1 saturated carbocycles. The topological polar surface area (TPSA) is 99.3 Å². The van der Waals surface area contributed by atoms with Gasteiger partial charge in [0, 0.05) is 24.3 Å². The number of urea groups is 1. The molecule has 1 aliphatic rings. The number of carbonyl (C=O) groups is 3. The Labute approximate surface area is 122 Å². The highest BCUT2D eigenvalue weighted by Gasteiger charge is 2.29. The van der Waals surface area contributed by atoms with Gasteiger partial charge in [-0.3, -0.25) is 9.59 Å². The van der Waals surface area contributed by atoms with E-state index >= 15 is 0 Å². The lowest BCUT2D eigenvalue weighted by Gasteiger charge is -2.08. The number of carbonyl (C=O) groups excluding carboxylic acids is 3. The van der Waals surface area contributed by atoms with Gasteiger partial charge >= 0.3 is 6.03 Å². The molecule has 1 aromatic carbocycles. The number of benzene rings is 1. The number of nitrogens with one attached hydrogen (secondary N) is 4. The highest BCUT2D eigenvalue weighted by Crippen LogP contribution is 2.30. The fraction of sp³-hybridized carbons (Fsp3) is 0.357. The predicted molar refractivity (Wildman–Crippen MR) is 78.9 cm³/mol. The van der Waals surface area contributed by atoms with Gasteiger partial charge in [0.2, 0.25) is 11.8 Å². The Kier molecular flexibility index (Phi) is 4.76. The van der Waals surface area contributed by atoms with Crippen molar-refractivity contribution in [2.75, 3.05) is 24.2 Å². The average Bonchev–Trinajstić information content (AvgIpc) is 3.31. The van der Waals surface area contributed by atoms with Crippen molar-refractivity contribution in [2.24, 2.45) is 5.92 Å². The Morgan fingerprint density at radius 1 is 1.05 bits per heavy atom. The van der Waals surface area contributed by atoms with Crippen molar-refractivity contribution in [3.05, 3.63) is 24.3 Å². The molecule has 4 amide bonds. The monoisotopic (exact) mass is 290 g/mol. The van der Waals surface area contributed by atoms with Crippen LogP contribution >= 0.6 is 0 Å². The maximum Gasteiger partial charge on any atom is 0.319 e. The van der Waals surface area contributed by atoms with Crippen LogP contribution in [0.2, 0.25) is 0 Å². The standard InChI is InChI=1S/C14H18N4O3/c1-15-12(19)8-16-14(21)18-11-6-4-10(5-7-11)17-13(20)9-2-3-9/h4-7,9H,2-3,8H2,1H3,(H,15,19)(H,17,20)(H2,16,18,21). The first-order chi connectivity index (χ1) is 10.1. The number of anilines is 2. The fourth-order valence-electron chi connectivity index (χ4n) is 1.65. The van der Waals surface area contributed by atoms with Crippen LogP contribution < -0.4 is 21.3 Å². The molecule has 1 fully saturated rings. The van der Waals surface area contributed by atoms with E-state index in [1.54, 1.807) is 24.3 Å². The molecular weight excluding hydrogens is 272 g/mol. The van der Waals surface area contributed by atoms with Gasteiger partial charge in [0.05, 0.1) is 6.54 Å². The summed E-state index contributed by atoms with van der Waals surface area (Å²) in [5.41, 5.74) is 1.28. The second-order valence-corrected chi connectivity index (χ2v) is 4.82. The molecule has 1 aliphatic carbocycles. The van der Waals surface area contributed by atoms with Gasteiger partial charge in [-0.2, -0.15) is 0 Å². The third-order valence-corrected chi connectivity index (χ3v) is 3.05. The first-order valence-electron chi connectivity index (χ1n) is 6.75. The highest BCUT2D eigenvalue weighted by atomic mass is 16.2. The molecule has 0 atom stereocenters. The fourth-order valence-corrected chi connectivity index (χ4v) is 1.65. The molecule has 0 aromatic heterocycles. The summed E-state index contributed by atoms with van der Waals surface area (Å²) in [7, 11) is 1.50. The summed E-state index contributed by atoms with van der Waals surface area (Å²) >= 11 is 0. The van der Waals surface area contributed by atoms with Crippen LogP contribution in [0.3, 0.4) is 0 Å². The molecule has 2 rings (SSSR count). The summed E-state index contributed by atoms with van der Waals surface area (Å²) in [4.78, 5) is 34.1. The van der Waals surface area contributed by atoms with Crippen molar-refractivity contribution < 1.29 is 14.4 Å². The predicted octanol–water partition coefficient (Wildman–Crippen LogP) is 0.903. The molecule has 0 radical (unpaired) electrons. The zero-order valence-corrected chi connectivity index (χ0v) is 11.7. The van der Waals surface area contributed by atoms with Gasteiger partial charge in [-0.15, -0.1) is 0 Å². The van der Waals surface area contributed by atoms with Crippen LogP contribution in [0.5, 0.6) is 0 Å². The summed E-state index contributed by atoms with van der Waals surface area (Å²) in [6.45, 7) is -0.0855. The number of hydrogen-bond donors (Lipinski definition) is 4. The van der Waals surface area contributed by atoms with Gasteiger partial charge in [0.25, 0.3) is 0 Å². The highest BCUT2D eigenvalue weighted by molar-refractivity contribution is 5.95. The molecule has 0 saturated heterocycles. The van der Waals surface area contributed by atoms with E-state index in [0.717, 1.165) is 12.8 Å². The van der Waals surface area contributed by atoms with Gasteiger partial charge < -0.3 is 21.3 Å². The molecule has 4 N–H and O–H groups in total. The van der Waals surface area contributed by atoms with Gasteiger partial charge in [0.1, 0.15) is 0 Å². The maximum absolute atomic E-state index is 11.6. The number of rotatable bonds is 5. The van der Waals surface area contributed by atoms with E-state index in [1.165, 1.54) is 7.05 Å². The van der Waals surface area contributed by atoms with Crippen LogP contribution in [-0.4, -0.2) is 31.4 Å². The van der Waals surface area contributed by atoms with Gasteiger partial charge in [-0.25, -0.2) is 4.79 Å². The van der Waals surface area contributed by atoms with Crippen LogP contribution in [0.1, 0.15) is 12.8 Å². The first kappa shape index (κ1) is 14.8. The van der Waals surface area contributed by atoms with E-state index in [9.17, 15) is 14.4 Å². The lowest BCUT2D eigenvalue weighted by atomic mass is 10.2.